The van der Waals surface area contributed by atoms with Crippen LogP contribution in [-0.2, 0) is 19.1 Å². The van der Waals surface area contributed by atoms with Crippen molar-refractivity contribution in [1.29, 1.82) is 0 Å². The van der Waals surface area contributed by atoms with Crippen LogP contribution in [0, 0.1) is 0 Å². The van der Waals surface area contributed by atoms with Crippen LogP contribution in [0.1, 0.15) is 156 Å². The number of esters is 2. The molecule has 0 aliphatic rings. The molecular formula is C30H56O4. The van der Waals surface area contributed by atoms with E-state index in [1.54, 1.807) is 0 Å². The van der Waals surface area contributed by atoms with Gasteiger partial charge < -0.3 is 9.47 Å². The zero-order chi connectivity index (χ0) is 25.1. The highest BCUT2D eigenvalue weighted by atomic mass is 16.5. The minimum Gasteiger partial charge on any atom is -0.465 e. The molecule has 1 unspecified atom stereocenters. The van der Waals surface area contributed by atoms with Crippen molar-refractivity contribution in [2.45, 2.75) is 162 Å². The van der Waals surface area contributed by atoms with E-state index in [0.717, 1.165) is 44.9 Å². The van der Waals surface area contributed by atoms with Crippen molar-refractivity contribution in [2.24, 2.45) is 0 Å². The molecule has 0 radical (unpaired) electrons. The van der Waals surface area contributed by atoms with Gasteiger partial charge in [-0.3, -0.25) is 9.59 Å². The molecule has 0 bridgehead atoms. The van der Waals surface area contributed by atoms with E-state index in [-0.39, 0.29) is 18.0 Å². The molecule has 0 spiro atoms. The van der Waals surface area contributed by atoms with E-state index in [1.807, 2.05) is 6.08 Å². The van der Waals surface area contributed by atoms with E-state index < -0.39 is 0 Å². The largest absolute Gasteiger partial charge is 0.465 e. The predicted molar refractivity (Wildman–Crippen MR) is 144 cm³/mol. The fourth-order valence-corrected chi connectivity index (χ4v) is 4.12. The van der Waals surface area contributed by atoms with Crippen molar-refractivity contribution in [3.63, 3.8) is 0 Å². The summed E-state index contributed by atoms with van der Waals surface area (Å²) in [7, 11) is 0. The van der Waals surface area contributed by atoms with Gasteiger partial charge in [-0.25, -0.2) is 0 Å². The van der Waals surface area contributed by atoms with E-state index in [2.05, 4.69) is 26.8 Å². The maximum atomic E-state index is 12.4. The second-order valence-electron chi connectivity index (χ2n) is 9.67. The van der Waals surface area contributed by atoms with Crippen molar-refractivity contribution in [3.8, 4) is 0 Å². The maximum absolute atomic E-state index is 12.4. The van der Waals surface area contributed by atoms with Crippen LogP contribution in [0.3, 0.4) is 0 Å². The fraction of sp³-hybridized carbons (Fsp3) is 0.867. The van der Waals surface area contributed by atoms with Crippen molar-refractivity contribution in [2.75, 3.05) is 6.61 Å². The van der Waals surface area contributed by atoms with Crippen LogP contribution >= 0.6 is 0 Å². The van der Waals surface area contributed by atoms with Crippen LogP contribution in [0.15, 0.2) is 12.2 Å². The normalized spacial score (nSPS) is 12.2. The quantitative estimate of drug-likeness (QED) is 0.0742. The van der Waals surface area contributed by atoms with Crippen LogP contribution < -0.4 is 0 Å². The molecule has 0 aromatic carbocycles. The molecule has 0 aliphatic carbocycles. The topological polar surface area (TPSA) is 52.6 Å². The summed E-state index contributed by atoms with van der Waals surface area (Å²) in [4.78, 5) is 24.4. The Morgan fingerprint density at radius 3 is 1.76 bits per heavy atom. The van der Waals surface area contributed by atoms with Gasteiger partial charge in [0.15, 0.2) is 0 Å². The first-order valence-corrected chi connectivity index (χ1v) is 14.6. The summed E-state index contributed by atoms with van der Waals surface area (Å²) in [5, 5.41) is 0. The smallest absolute Gasteiger partial charge is 0.306 e. The van der Waals surface area contributed by atoms with Crippen LogP contribution in [0.5, 0.6) is 0 Å². The Balaban J connectivity index is 4.01. The number of carbonyl (C=O) groups excluding carboxylic acids is 2. The third kappa shape index (κ3) is 23.8. The summed E-state index contributed by atoms with van der Waals surface area (Å²) in [6.45, 7) is 6.96. The molecule has 0 aliphatic heterocycles. The molecule has 0 saturated heterocycles. The van der Waals surface area contributed by atoms with Crippen LogP contribution in [0.25, 0.3) is 0 Å². The van der Waals surface area contributed by atoms with Gasteiger partial charge in [-0.1, -0.05) is 116 Å². The third-order valence-corrected chi connectivity index (χ3v) is 6.28. The van der Waals surface area contributed by atoms with Gasteiger partial charge in [-0.05, 0) is 38.5 Å². The molecule has 4 heteroatoms. The van der Waals surface area contributed by atoms with Gasteiger partial charge in [0, 0.05) is 12.8 Å². The Labute approximate surface area is 211 Å². The highest BCUT2D eigenvalue weighted by molar-refractivity contribution is 5.70. The molecule has 34 heavy (non-hydrogen) atoms. The first-order valence-electron chi connectivity index (χ1n) is 14.6. The molecule has 4 nitrogen and oxygen atoms in total. The first kappa shape index (κ1) is 32.7. The molecule has 0 aromatic rings. The minimum absolute atomic E-state index is 0.102. The number of unbranched alkanes of at least 4 members (excludes halogenated alkanes) is 13. The monoisotopic (exact) mass is 480 g/mol. The van der Waals surface area contributed by atoms with E-state index in [9.17, 15) is 9.59 Å². The molecular weight excluding hydrogens is 424 g/mol. The minimum atomic E-state index is -0.190. The molecule has 0 N–H and O–H groups in total. The summed E-state index contributed by atoms with van der Waals surface area (Å²) < 4.78 is 11.1. The SMILES string of the molecule is CCC=CCCOC(=O)CCC(CCCCCC)OC(=O)CCCCCCCCCCCCC. The Bertz CT molecular complexity index is 486. The standard InChI is InChI=1S/C30H56O4/c1-4-7-10-13-14-15-16-17-18-19-21-24-30(32)34-28(23-20-11-8-5-2)25-26-29(31)33-27-22-12-9-6-3/h9,12,28H,4-8,10-11,13-27H2,1-3H3. The number of hydrogen-bond acceptors (Lipinski definition) is 4. The maximum Gasteiger partial charge on any atom is 0.306 e. The summed E-state index contributed by atoms with van der Waals surface area (Å²) in [5.74, 6) is -0.292. The average Bonchev–Trinajstić information content (AvgIpc) is 2.83. The molecule has 0 aromatic heterocycles. The second kappa shape index (κ2) is 26.3. The summed E-state index contributed by atoms with van der Waals surface area (Å²) in [6.07, 6.45) is 26.5. The number of rotatable bonds is 25. The zero-order valence-corrected chi connectivity index (χ0v) is 22.9. The molecule has 0 heterocycles. The van der Waals surface area contributed by atoms with Crippen molar-refractivity contribution < 1.29 is 19.1 Å². The number of ether oxygens (including phenoxy) is 2. The Morgan fingerprint density at radius 2 is 1.18 bits per heavy atom. The number of carbonyl (C=O) groups is 2. The van der Waals surface area contributed by atoms with Crippen molar-refractivity contribution in [3.05, 3.63) is 12.2 Å². The lowest BCUT2D eigenvalue weighted by Crippen LogP contribution is -2.20. The van der Waals surface area contributed by atoms with E-state index >= 15 is 0 Å². The fourth-order valence-electron chi connectivity index (χ4n) is 4.12. The molecule has 0 saturated carbocycles. The lowest BCUT2D eigenvalue weighted by Gasteiger charge is -2.18. The van der Waals surface area contributed by atoms with Gasteiger partial charge in [0.2, 0.25) is 0 Å². The number of hydrogen-bond donors (Lipinski definition) is 0. The zero-order valence-electron chi connectivity index (χ0n) is 22.9. The third-order valence-electron chi connectivity index (χ3n) is 6.28. The average molecular weight is 481 g/mol. The predicted octanol–water partition coefficient (Wildman–Crippen LogP) is 9.25. The second-order valence-corrected chi connectivity index (χ2v) is 9.67. The highest BCUT2D eigenvalue weighted by Crippen LogP contribution is 2.16. The molecule has 200 valence electrons. The molecule has 0 amide bonds. The van der Waals surface area contributed by atoms with Gasteiger partial charge in [0.25, 0.3) is 0 Å². The Kier molecular flexibility index (Phi) is 25.3. The van der Waals surface area contributed by atoms with E-state index in [0.29, 0.717) is 25.9 Å². The van der Waals surface area contributed by atoms with Crippen LogP contribution in [0.4, 0.5) is 0 Å². The van der Waals surface area contributed by atoms with Crippen molar-refractivity contribution >= 4 is 11.9 Å². The lowest BCUT2D eigenvalue weighted by atomic mass is 10.0. The summed E-state index contributed by atoms with van der Waals surface area (Å²) in [5.41, 5.74) is 0. The van der Waals surface area contributed by atoms with Gasteiger partial charge in [-0.15, -0.1) is 0 Å². The van der Waals surface area contributed by atoms with Crippen molar-refractivity contribution in [1.82, 2.24) is 0 Å². The molecule has 0 fully saturated rings. The lowest BCUT2D eigenvalue weighted by molar-refractivity contribution is -0.152. The Morgan fingerprint density at radius 1 is 0.618 bits per heavy atom. The van der Waals surface area contributed by atoms with Crippen LogP contribution in [-0.4, -0.2) is 24.6 Å². The summed E-state index contributed by atoms with van der Waals surface area (Å²) in [6, 6.07) is 0. The van der Waals surface area contributed by atoms with Crippen LogP contribution in [0.2, 0.25) is 0 Å². The van der Waals surface area contributed by atoms with Gasteiger partial charge >= 0.3 is 11.9 Å². The van der Waals surface area contributed by atoms with E-state index in [4.69, 9.17) is 9.47 Å². The Hall–Kier alpha value is -1.32. The number of allylic oxidation sites excluding steroid dienone is 1. The van der Waals surface area contributed by atoms with Gasteiger partial charge in [0.1, 0.15) is 6.10 Å². The first-order chi connectivity index (χ1) is 16.6. The molecule has 0 rings (SSSR count). The van der Waals surface area contributed by atoms with Gasteiger partial charge in [-0.2, -0.15) is 0 Å². The van der Waals surface area contributed by atoms with Gasteiger partial charge in [0.05, 0.1) is 6.61 Å². The van der Waals surface area contributed by atoms with E-state index in [1.165, 1.54) is 70.6 Å². The summed E-state index contributed by atoms with van der Waals surface area (Å²) >= 11 is 0. The highest BCUT2D eigenvalue weighted by Gasteiger charge is 2.16. The molecule has 1 atom stereocenters.